The predicted octanol–water partition coefficient (Wildman–Crippen LogP) is 4.00. The van der Waals surface area contributed by atoms with Crippen LogP contribution in [0.4, 0.5) is 5.95 Å². The standard InChI is InChI=1S/C20H21ClN4O/c1-26-19-18(15-3-2-4-16(21)9-15)8-13(10-22-19)7-14-11-23-20(24-12-14)25-17-5-6-17/h2-4,8,10-12,16-17H,5-7,9H2,1H3,(H,23,24,25). The molecule has 0 saturated heterocycles. The fourth-order valence-electron chi connectivity index (χ4n) is 2.99. The fourth-order valence-corrected chi connectivity index (χ4v) is 3.24. The molecule has 2 heterocycles. The van der Waals surface area contributed by atoms with E-state index in [1.807, 2.05) is 30.7 Å². The lowest BCUT2D eigenvalue weighted by Gasteiger charge is -2.16. The maximum Gasteiger partial charge on any atom is 0.222 e. The summed E-state index contributed by atoms with van der Waals surface area (Å²) in [6.07, 6.45) is 15.5. The van der Waals surface area contributed by atoms with Crippen LogP contribution in [0.3, 0.4) is 0 Å². The van der Waals surface area contributed by atoms with Gasteiger partial charge in [-0.05, 0) is 42.0 Å². The minimum atomic E-state index is 0.00303. The normalized spacial score (nSPS) is 19.2. The molecule has 134 valence electrons. The Balaban J connectivity index is 1.54. The van der Waals surface area contributed by atoms with Crippen molar-refractivity contribution in [3.05, 3.63) is 59.6 Å². The van der Waals surface area contributed by atoms with Gasteiger partial charge in [-0.3, -0.25) is 0 Å². The first-order valence-corrected chi connectivity index (χ1v) is 9.27. The molecule has 0 bridgehead atoms. The quantitative estimate of drug-likeness (QED) is 0.781. The van der Waals surface area contributed by atoms with Crippen LogP contribution in [0, 0.1) is 0 Å². The van der Waals surface area contributed by atoms with E-state index in [-0.39, 0.29) is 5.38 Å². The Morgan fingerprint density at radius 3 is 2.62 bits per heavy atom. The number of methoxy groups -OCH3 is 1. The van der Waals surface area contributed by atoms with Crippen LogP contribution in [0.5, 0.6) is 5.88 Å². The van der Waals surface area contributed by atoms with Crippen molar-refractivity contribution in [2.24, 2.45) is 0 Å². The van der Waals surface area contributed by atoms with Gasteiger partial charge in [0.1, 0.15) is 0 Å². The van der Waals surface area contributed by atoms with E-state index in [2.05, 4.69) is 32.4 Å². The third kappa shape index (κ3) is 4.05. The van der Waals surface area contributed by atoms with Crippen molar-refractivity contribution < 1.29 is 4.74 Å². The van der Waals surface area contributed by atoms with Crippen LogP contribution in [0.2, 0.25) is 0 Å². The monoisotopic (exact) mass is 368 g/mol. The zero-order valence-electron chi connectivity index (χ0n) is 14.7. The van der Waals surface area contributed by atoms with Crippen LogP contribution in [0.1, 0.15) is 36.0 Å². The SMILES string of the molecule is COc1ncc(Cc2cnc(NC3CC3)nc2)cc1C1=CC=CC(Cl)C1. The van der Waals surface area contributed by atoms with Crippen molar-refractivity contribution in [3.63, 3.8) is 0 Å². The van der Waals surface area contributed by atoms with Gasteiger partial charge in [0.15, 0.2) is 0 Å². The number of anilines is 1. The molecule has 2 aromatic heterocycles. The number of hydrogen-bond donors (Lipinski definition) is 1. The highest BCUT2D eigenvalue weighted by Gasteiger charge is 2.21. The predicted molar refractivity (Wildman–Crippen MR) is 104 cm³/mol. The number of nitrogens with one attached hydrogen (secondary N) is 1. The van der Waals surface area contributed by atoms with Gasteiger partial charge >= 0.3 is 0 Å². The number of rotatable bonds is 6. The molecule has 2 aromatic rings. The highest BCUT2D eigenvalue weighted by molar-refractivity contribution is 6.22. The van der Waals surface area contributed by atoms with Crippen LogP contribution < -0.4 is 10.1 Å². The zero-order valence-corrected chi connectivity index (χ0v) is 15.4. The molecule has 4 rings (SSSR count). The van der Waals surface area contributed by atoms with Crippen molar-refractivity contribution in [2.75, 3.05) is 12.4 Å². The summed E-state index contributed by atoms with van der Waals surface area (Å²) >= 11 is 6.27. The van der Waals surface area contributed by atoms with E-state index in [0.29, 0.717) is 17.9 Å². The maximum absolute atomic E-state index is 6.27. The Morgan fingerprint density at radius 1 is 1.15 bits per heavy atom. The molecule has 1 unspecified atom stereocenters. The van der Waals surface area contributed by atoms with Crippen LogP contribution in [0.25, 0.3) is 5.57 Å². The highest BCUT2D eigenvalue weighted by atomic mass is 35.5. The molecule has 0 aromatic carbocycles. The lowest BCUT2D eigenvalue weighted by atomic mass is 9.96. The largest absolute Gasteiger partial charge is 0.481 e. The molecule has 2 aliphatic rings. The average molecular weight is 369 g/mol. The van der Waals surface area contributed by atoms with Crippen LogP contribution >= 0.6 is 11.6 Å². The summed E-state index contributed by atoms with van der Waals surface area (Å²) in [6, 6.07) is 2.68. The van der Waals surface area contributed by atoms with Gasteiger partial charge in [0.2, 0.25) is 11.8 Å². The van der Waals surface area contributed by atoms with Gasteiger partial charge in [-0.25, -0.2) is 15.0 Å². The van der Waals surface area contributed by atoms with Gasteiger partial charge in [0.05, 0.1) is 12.5 Å². The van der Waals surface area contributed by atoms with E-state index in [1.54, 1.807) is 7.11 Å². The van der Waals surface area contributed by atoms with Crippen LogP contribution in [0.15, 0.2) is 42.9 Å². The molecule has 26 heavy (non-hydrogen) atoms. The number of aromatic nitrogens is 3. The second kappa shape index (κ2) is 7.46. The Labute approximate surface area is 158 Å². The summed E-state index contributed by atoms with van der Waals surface area (Å²) in [5.41, 5.74) is 4.28. The van der Waals surface area contributed by atoms with E-state index in [9.17, 15) is 0 Å². The Morgan fingerprint density at radius 2 is 1.92 bits per heavy atom. The summed E-state index contributed by atoms with van der Waals surface area (Å²) in [6.45, 7) is 0. The number of alkyl halides is 1. The third-order valence-corrected chi connectivity index (χ3v) is 4.80. The summed E-state index contributed by atoms with van der Waals surface area (Å²) in [4.78, 5) is 13.3. The molecular weight excluding hydrogens is 348 g/mol. The molecule has 1 saturated carbocycles. The van der Waals surface area contributed by atoms with Gasteiger partial charge < -0.3 is 10.1 Å². The molecule has 1 atom stereocenters. The zero-order chi connectivity index (χ0) is 17.9. The number of hydrogen-bond acceptors (Lipinski definition) is 5. The minimum absolute atomic E-state index is 0.00303. The second-order valence-electron chi connectivity index (χ2n) is 6.71. The molecule has 0 spiro atoms. The first-order chi connectivity index (χ1) is 12.7. The number of pyridine rings is 1. The number of ether oxygens (including phenoxy) is 1. The topological polar surface area (TPSA) is 59.9 Å². The van der Waals surface area contributed by atoms with Crippen molar-refractivity contribution >= 4 is 23.1 Å². The summed E-state index contributed by atoms with van der Waals surface area (Å²) in [5.74, 6) is 1.33. The lowest BCUT2D eigenvalue weighted by molar-refractivity contribution is 0.396. The minimum Gasteiger partial charge on any atom is -0.481 e. The van der Waals surface area contributed by atoms with Crippen molar-refractivity contribution in [3.8, 4) is 5.88 Å². The van der Waals surface area contributed by atoms with Crippen molar-refractivity contribution in [2.45, 2.75) is 37.1 Å². The van der Waals surface area contributed by atoms with Crippen LogP contribution in [-0.4, -0.2) is 33.5 Å². The molecule has 0 aliphatic heterocycles. The van der Waals surface area contributed by atoms with E-state index in [4.69, 9.17) is 16.3 Å². The van der Waals surface area contributed by atoms with Crippen molar-refractivity contribution in [1.82, 2.24) is 15.0 Å². The molecule has 0 radical (unpaired) electrons. The number of allylic oxidation sites excluding steroid dienone is 4. The van der Waals surface area contributed by atoms with E-state index in [0.717, 1.165) is 35.1 Å². The third-order valence-electron chi connectivity index (χ3n) is 4.50. The smallest absolute Gasteiger partial charge is 0.222 e. The van der Waals surface area contributed by atoms with Crippen LogP contribution in [-0.2, 0) is 6.42 Å². The molecule has 6 heteroatoms. The van der Waals surface area contributed by atoms with E-state index < -0.39 is 0 Å². The van der Waals surface area contributed by atoms with E-state index >= 15 is 0 Å². The van der Waals surface area contributed by atoms with Gasteiger partial charge in [-0.2, -0.15) is 0 Å². The number of nitrogens with zero attached hydrogens (tertiary/aromatic N) is 3. The molecule has 1 fully saturated rings. The fraction of sp³-hybridized carbons (Fsp3) is 0.350. The Bertz CT molecular complexity index is 843. The first-order valence-electron chi connectivity index (χ1n) is 8.83. The van der Waals surface area contributed by atoms with Gasteiger partial charge in [0, 0.05) is 36.6 Å². The molecule has 1 N–H and O–H groups in total. The molecule has 5 nitrogen and oxygen atoms in total. The highest BCUT2D eigenvalue weighted by Crippen LogP contribution is 2.32. The average Bonchev–Trinajstić information content (AvgIpc) is 3.47. The Kier molecular flexibility index (Phi) is 4.89. The summed E-state index contributed by atoms with van der Waals surface area (Å²) in [7, 11) is 1.64. The van der Waals surface area contributed by atoms with Crippen molar-refractivity contribution in [1.29, 1.82) is 0 Å². The van der Waals surface area contributed by atoms with Gasteiger partial charge in [-0.1, -0.05) is 18.2 Å². The molecular formula is C20H21ClN4O. The molecule has 2 aliphatic carbocycles. The van der Waals surface area contributed by atoms with Gasteiger partial charge in [0.25, 0.3) is 0 Å². The van der Waals surface area contributed by atoms with E-state index in [1.165, 1.54) is 12.8 Å². The summed E-state index contributed by atoms with van der Waals surface area (Å²) < 4.78 is 5.45. The maximum atomic E-state index is 6.27. The first kappa shape index (κ1) is 17.0. The van der Waals surface area contributed by atoms with Gasteiger partial charge in [-0.15, -0.1) is 11.6 Å². The Hall–Kier alpha value is -2.40. The number of halogens is 1. The molecule has 0 amide bonds. The lowest BCUT2D eigenvalue weighted by Crippen LogP contribution is -2.06. The summed E-state index contributed by atoms with van der Waals surface area (Å²) in [5, 5.41) is 3.30. The second-order valence-corrected chi connectivity index (χ2v) is 7.27.